The minimum atomic E-state index is -0.720. The average molecular weight is 519 g/mol. The van der Waals surface area contributed by atoms with E-state index in [-0.39, 0.29) is 6.54 Å². The number of carbonyl (C=O) groups is 1. The largest absolute Gasteiger partial charge is 0.480 e. The molecule has 7 rings (SSSR count). The number of aromatic nitrogens is 2. The van der Waals surface area contributed by atoms with E-state index in [1.54, 1.807) is 0 Å². The molecular formula is C32H46N4O2. The SMILES string of the molecule is O=C(O)CN1CCC[C@H](c2nc3ccccc3n2C2C[C@H]3CCC[C@@H](C2)N3C2C[C@H]3CCCC[C@@H](C2)C3)C1. The van der Waals surface area contributed by atoms with Crippen LogP contribution in [0.4, 0.5) is 0 Å². The molecule has 0 radical (unpaired) electrons. The molecule has 4 bridgehead atoms. The van der Waals surface area contributed by atoms with Crippen molar-refractivity contribution in [2.75, 3.05) is 19.6 Å². The molecule has 2 saturated carbocycles. The Bertz CT molecular complexity index is 1120. The quantitative estimate of drug-likeness (QED) is 0.509. The van der Waals surface area contributed by atoms with Gasteiger partial charge in [0.1, 0.15) is 5.82 Å². The Kier molecular flexibility index (Phi) is 6.98. The lowest BCUT2D eigenvalue weighted by molar-refractivity contribution is -0.138. The molecule has 4 heterocycles. The third-order valence-electron chi connectivity index (χ3n) is 11.0. The second-order valence-corrected chi connectivity index (χ2v) is 13.5. The number of carboxylic acid groups (broad SMARTS) is 1. The molecule has 5 fully saturated rings. The molecule has 1 N–H and O–H groups in total. The monoisotopic (exact) mass is 518 g/mol. The molecule has 1 aromatic carbocycles. The lowest BCUT2D eigenvalue weighted by Gasteiger charge is -2.55. The number of imidazole rings is 1. The Balaban J connectivity index is 1.17. The van der Waals surface area contributed by atoms with E-state index in [0.717, 1.165) is 49.3 Å². The summed E-state index contributed by atoms with van der Waals surface area (Å²) in [6.07, 6.45) is 19.1. The van der Waals surface area contributed by atoms with E-state index >= 15 is 0 Å². The van der Waals surface area contributed by atoms with Gasteiger partial charge in [-0.3, -0.25) is 14.6 Å². The molecule has 5 aliphatic rings. The van der Waals surface area contributed by atoms with Gasteiger partial charge in [0.2, 0.25) is 0 Å². The maximum absolute atomic E-state index is 11.5. The zero-order valence-electron chi connectivity index (χ0n) is 23.0. The van der Waals surface area contributed by atoms with Crippen molar-refractivity contribution < 1.29 is 9.90 Å². The molecule has 3 aliphatic heterocycles. The minimum Gasteiger partial charge on any atom is -0.480 e. The van der Waals surface area contributed by atoms with E-state index in [1.165, 1.54) is 88.4 Å². The molecule has 3 saturated heterocycles. The molecule has 7 atom stereocenters. The van der Waals surface area contributed by atoms with Gasteiger partial charge in [-0.25, -0.2) is 4.98 Å². The molecule has 0 spiro atoms. The van der Waals surface area contributed by atoms with Gasteiger partial charge in [-0.05, 0) is 88.3 Å². The van der Waals surface area contributed by atoms with E-state index in [1.807, 2.05) is 0 Å². The van der Waals surface area contributed by atoms with E-state index in [0.29, 0.717) is 24.0 Å². The number of hydrogen-bond acceptors (Lipinski definition) is 4. The maximum atomic E-state index is 11.5. The summed E-state index contributed by atoms with van der Waals surface area (Å²) in [6, 6.07) is 11.5. The van der Waals surface area contributed by atoms with Crippen LogP contribution in [0.5, 0.6) is 0 Å². The normalized spacial score (nSPS) is 36.7. The van der Waals surface area contributed by atoms with Gasteiger partial charge in [-0.1, -0.05) is 44.2 Å². The number of piperidine rings is 3. The fourth-order valence-electron chi connectivity index (χ4n) is 9.64. The highest BCUT2D eigenvalue weighted by molar-refractivity contribution is 5.76. The van der Waals surface area contributed by atoms with Crippen LogP contribution in [0.1, 0.15) is 108 Å². The average Bonchev–Trinajstić information content (AvgIpc) is 3.21. The smallest absolute Gasteiger partial charge is 0.317 e. The first-order chi connectivity index (χ1) is 18.6. The van der Waals surface area contributed by atoms with E-state index < -0.39 is 5.97 Å². The zero-order valence-corrected chi connectivity index (χ0v) is 23.0. The molecule has 6 heteroatoms. The predicted octanol–water partition coefficient (Wildman–Crippen LogP) is 6.22. The van der Waals surface area contributed by atoms with Crippen LogP contribution < -0.4 is 0 Å². The highest BCUT2D eigenvalue weighted by atomic mass is 16.4. The number of likely N-dealkylation sites (tertiary alicyclic amines) is 1. The number of fused-ring (bicyclic) bond motifs is 5. The maximum Gasteiger partial charge on any atom is 0.317 e. The summed E-state index contributed by atoms with van der Waals surface area (Å²) in [5.74, 6) is 2.77. The van der Waals surface area contributed by atoms with Crippen LogP contribution in [-0.4, -0.2) is 68.2 Å². The Hall–Kier alpha value is -1.92. The standard InChI is InChI=1S/C32H46N4O2/c37-31(38)21-34-14-6-9-24(20-34)32-33-29-12-3-4-13-30(29)36(32)28-18-25-10-5-11-26(19-28)35(25)27-16-22-7-1-2-8-23(15-22)17-27/h3-4,12-13,22-28H,1-2,5-11,14-21H2,(H,37,38)/t22-,23+,24-,25-,26+,27?,28?/m0/s1. The van der Waals surface area contributed by atoms with Gasteiger partial charge in [0.25, 0.3) is 0 Å². The van der Waals surface area contributed by atoms with Crippen molar-refractivity contribution in [3.8, 4) is 0 Å². The Labute approximate surface area is 227 Å². The van der Waals surface area contributed by atoms with Crippen LogP contribution in [0.15, 0.2) is 24.3 Å². The van der Waals surface area contributed by atoms with E-state index in [4.69, 9.17) is 4.98 Å². The highest BCUT2D eigenvalue weighted by Gasteiger charge is 2.45. The molecule has 6 nitrogen and oxygen atoms in total. The number of para-hydroxylation sites is 2. The molecule has 206 valence electrons. The lowest BCUT2D eigenvalue weighted by atomic mass is 9.73. The van der Waals surface area contributed by atoms with Gasteiger partial charge in [0.15, 0.2) is 0 Å². The number of rotatable bonds is 5. The number of aliphatic carboxylic acids is 1. The Morgan fingerprint density at radius 2 is 1.55 bits per heavy atom. The lowest BCUT2D eigenvalue weighted by Crippen LogP contribution is -2.58. The fourth-order valence-corrected chi connectivity index (χ4v) is 9.64. The van der Waals surface area contributed by atoms with Crippen molar-refractivity contribution >= 4 is 17.0 Å². The summed E-state index contributed by atoms with van der Waals surface area (Å²) in [7, 11) is 0. The van der Waals surface area contributed by atoms with Gasteiger partial charge in [-0.15, -0.1) is 0 Å². The first kappa shape index (κ1) is 25.1. The van der Waals surface area contributed by atoms with E-state index in [2.05, 4.69) is 38.6 Å². The molecule has 2 aliphatic carbocycles. The van der Waals surface area contributed by atoms with E-state index in [9.17, 15) is 9.90 Å². The van der Waals surface area contributed by atoms with Crippen molar-refractivity contribution in [3.05, 3.63) is 30.1 Å². The van der Waals surface area contributed by atoms with Gasteiger partial charge in [0, 0.05) is 36.6 Å². The highest BCUT2D eigenvalue weighted by Crippen LogP contribution is 2.48. The molecule has 2 aromatic rings. The molecule has 0 amide bonds. The first-order valence-electron chi connectivity index (χ1n) is 15.8. The van der Waals surface area contributed by atoms with Crippen molar-refractivity contribution in [2.45, 2.75) is 120 Å². The molecule has 2 unspecified atom stereocenters. The molecular weight excluding hydrogens is 472 g/mol. The Morgan fingerprint density at radius 1 is 0.816 bits per heavy atom. The van der Waals surface area contributed by atoms with Crippen LogP contribution in [0.2, 0.25) is 0 Å². The zero-order chi connectivity index (χ0) is 25.6. The number of benzene rings is 1. The summed E-state index contributed by atoms with van der Waals surface area (Å²) < 4.78 is 2.65. The molecule has 38 heavy (non-hydrogen) atoms. The summed E-state index contributed by atoms with van der Waals surface area (Å²) in [5.41, 5.74) is 2.40. The Morgan fingerprint density at radius 3 is 2.29 bits per heavy atom. The first-order valence-corrected chi connectivity index (χ1v) is 15.8. The van der Waals surface area contributed by atoms with Gasteiger partial charge >= 0.3 is 5.97 Å². The number of nitrogens with zero attached hydrogens (tertiary/aromatic N) is 4. The van der Waals surface area contributed by atoms with Crippen LogP contribution in [0, 0.1) is 11.8 Å². The summed E-state index contributed by atoms with van der Waals surface area (Å²) in [4.78, 5) is 21.9. The number of hydrogen-bond donors (Lipinski definition) is 1. The second kappa shape index (κ2) is 10.6. The fraction of sp³-hybridized carbons (Fsp3) is 0.750. The molecule has 1 aromatic heterocycles. The summed E-state index contributed by atoms with van der Waals surface area (Å²) in [6.45, 7) is 1.84. The van der Waals surface area contributed by atoms with Crippen molar-refractivity contribution in [1.82, 2.24) is 19.4 Å². The number of carboxylic acids is 1. The van der Waals surface area contributed by atoms with Gasteiger partial charge < -0.3 is 9.67 Å². The van der Waals surface area contributed by atoms with Crippen molar-refractivity contribution in [1.29, 1.82) is 0 Å². The van der Waals surface area contributed by atoms with Gasteiger partial charge in [-0.2, -0.15) is 0 Å². The van der Waals surface area contributed by atoms with Gasteiger partial charge in [0.05, 0.1) is 17.6 Å². The van der Waals surface area contributed by atoms with Crippen molar-refractivity contribution in [3.63, 3.8) is 0 Å². The minimum absolute atomic E-state index is 0.142. The third kappa shape index (κ3) is 4.81. The summed E-state index contributed by atoms with van der Waals surface area (Å²) in [5, 5.41) is 9.42. The third-order valence-corrected chi connectivity index (χ3v) is 11.0. The topological polar surface area (TPSA) is 61.6 Å². The predicted molar refractivity (Wildman–Crippen MR) is 150 cm³/mol. The second-order valence-electron chi connectivity index (χ2n) is 13.5. The van der Waals surface area contributed by atoms with Crippen LogP contribution in [0.3, 0.4) is 0 Å². The van der Waals surface area contributed by atoms with Crippen LogP contribution in [-0.2, 0) is 4.79 Å². The van der Waals surface area contributed by atoms with Crippen LogP contribution >= 0.6 is 0 Å². The van der Waals surface area contributed by atoms with Crippen molar-refractivity contribution in [2.24, 2.45) is 11.8 Å². The summed E-state index contributed by atoms with van der Waals surface area (Å²) >= 11 is 0. The van der Waals surface area contributed by atoms with Crippen LogP contribution in [0.25, 0.3) is 11.0 Å².